The molecule has 1 aromatic rings. The summed E-state index contributed by atoms with van der Waals surface area (Å²) in [6.07, 6.45) is 6.08. The van der Waals surface area contributed by atoms with E-state index in [0.717, 1.165) is 23.5 Å². The molecule has 0 spiro atoms. The van der Waals surface area contributed by atoms with E-state index in [0.29, 0.717) is 31.7 Å². The molecule has 1 aromatic carbocycles. The Balaban J connectivity index is 0.00000210. The summed E-state index contributed by atoms with van der Waals surface area (Å²) in [6, 6.07) is 6.60. The summed E-state index contributed by atoms with van der Waals surface area (Å²) in [5, 5.41) is 6.74. The summed E-state index contributed by atoms with van der Waals surface area (Å²) in [6.45, 7) is 6.10. The van der Waals surface area contributed by atoms with Crippen LogP contribution in [0.4, 0.5) is 0 Å². The molecular weight excluding hydrogens is 364 g/mol. The van der Waals surface area contributed by atoms with Crippen LogP contribution in [0, 0.1) is 5.92 Å². The van der Waals surface area contributed by atoms with Gasteiger partial charge in [-0.15, -0.1) is 12.4 Å². The normalized spacial score (nSPS) is 26.7. The summed E-state index contributed by atoms with van der Waals surface area (Å²) >= 11 is 0. The minimum atomic E-state index is -0.170. The van der Waals surface area contributed by atoms with E-state index in [1.165, 1.54) is 25.7 Å². The van der Waals surface area contributed by atoms with Gasteiger partial charge in [0.15, 0.2) is 11.5 Å². The van der Waals surface area contributed by atoms with Crippen LogP contribution < -0.4 is 20.1 Å². The highest BCUT2D eigenvalue weighted by Crippen LogP contribution is 2.35. The van der Waals surface area contributed by atoms with Gasteiger partial charge < -0.3 is 20.1 Å². The first-order chi connectivity index (χ1) is 12.5. The number of benzene rings is 1. The lowest BCUT2D eigenvalue weighted by Gasteiger charge is -2.28. The minimum absolute atomic E-state index is 0. The molecule has 27 heavy (non-hydrogen) atoms. The van der Waals surface area contributed by atoms with E-state index in [4.69, 9.17) is 9.47 Å². The molecule has 5 nitrogen and oxygen atoms in total. The largest absolute Gasteiger partial charge is 0.486 e. The van der Waals surface area contributed by atoms with Crippen LogP contribution >= 0.6 is 12.4 Å². The highest BCUT2D eigenvalue weighted by atomic mass is 35.5. The molecule has 3 atom stereocenters. The van der Waals surface area contributed by atoms with Crippen molar-refractivity contribution in [1.82, 2.24) is 10.6 Å². The maximum atomic E-state index is 12.7. The fraction of sp³-hybridized carbons (Fsp3) is 0.667. The zero-order chi connectivity index (χ0) is 18.1. The number of hydrogen-bond donors (Lipinski definition) is 2. The van der Waals surface area contributed by atoms with Crippen LogP contribution in [-0.4, -0.2) is 37.7 Å². The summed E-state index contributed by atoms with van der Waals surface area (Å²) in [5.74, 6) is 2.43. The van der Waals surface area contributed by atoms with E-state index in [2.05, 4.69) is 30.5 Å². The standard InChI is InChI=1S/C21H30N2O3.ClH/c1-21(2,15-7-8-18-19(12-15)26-10-9-25-18)13-22-20(24)17-11-14-5-3-4-6-16(14)23-17;/h7-8,12,14,16-17,23H,3-6,9-11,13H2,1-2H3,(H,22,24);1H. The molecule has 6 heteroatoms. The minimum Gasteiger partial charge on any atom is -0.486 e. The van der Waals surface area contributed by atoms with Crippen LogP contribution in [0.25, 0.3) is 0 Å². The molecule has 0 aromatic heterocycles. The zero-order valence-corrected chi connectivity index (χ0v) is 17.1. The smallest absolute Gasteiger partial charge is 0.237 e. The van der Waals surface area contributed by atoms with Crippen molar-refractivity contribution in [3.05, 3.63) is 23.8 Å². The van der Waals surface area contributed by atoms with E-state index in [1.54, 1.807) is 0 Å². The predicted molar refractivity (Wildman–Crippen MR) is 108 cm³/mol. The zero-order valence-electron chi connectivity index (χ0n) is 16.3. The molecule has 0 bridgehead atoms. The van der Waals surface area contributed by atoms with Gasteiger partial charge in [-0.1, -0.05) is 32.8 Å². The van der Waals surface area contributed by atoms with Gasteiger partial charge in [-0.25, -0.2) is 0 Å². The third kappa shape index (κ3) is 4.35. The van der Waals surface area contributed by atoms with E-state index < -0.39 is 0 Å². The Bertz CT molecular complexity index is 665. The monoisotopic (exact) mass is 394 g/mol. The van der Waals surface area contributed by atoms with Crippen LogP contribution in [0.3, 0.4) is 0 Å². The van der Waals surface area contributed by atoms with Gasteiger partial charge in [0.25, 0.3) is 0 Å². The molecule has 1 saturated heterocycles. The first kappa shape index (κ1) is 20.3. The number of carbonyl (C=O) groups is 1. The second kappa shape index (κ2) is 8.27. The average Bonchev–Trinajstić information content (AvgIpc) is 3.10. The Kier molecular flexibility index (Phi) is 6.21. The second-order valence-electron chi connectivity index (χ2n) is 8.57. The van der Waals surface area contributed by atoms with Gasteiger partial charge in [-0.3, -0.25) is 4.79 Å². The van der Waals surface area contributed by atoms with Crippen LogP contribution in [0.5, 0.6) is 11.5 Å². The third-order valence-electron chi connectivity index (χ3n) is 6.21. The molecule has 0 radical (unpaired) electrons. The first-order valence-electron chi connectivity index (χ1n) is 9.97. The van der Waals surface area contributed by atoms with Crippen molar-refractivity contribution >= 4 is 18.3 Å². The highest BCUT2D eigenvalue weighted by molar-refractivity contribution is 5.85. The van der Waals surface area contributed by atoms with Gasteiger partial charge >= 0.3 is 0 Å². The van der Waals surface area contributed by atoms with E-state index in [-0.39, 0.29) is 29.8 Å². The van der Waals surface area contributed by atoms with Gasteiger partial charge in [0, 0.05) is 18.0 Å². The quantitative estimate of drug-likeness (QED) is 0.823. The predicted octanol–water partition coefficient (Wildman–Crippen LogP) is 3.19. The van der Waals surface area contributed by atoms with E-state index in [9.17, 15) is 4.79 Å². The number of halogens is 1. The Morgan fingerprint density at radius 1 is 1.19 bits per heavy atom. The molecule has 1 aliphatic carbocycles. The number of amides is 1. The summed E-state index contributed by atoms with van der Waals surface area (Å²) in [7, 11) is 0. The van der Waals surface area contributed by atoms with Crippen LogP contribution in [0.1, 0.15) is 51.5 Å². The van der Waals surface area contributed by atoms with Crippen molar-refractivity contribution in [3.8, 4) is 11.5 Å². The van der Waals surface area contributed by atoms with E-state index in [1.807, 2.05) is 12.1 Å². The number of hydrogen-bond acceptors (Lipinski definition) is 4. The lowest BCUT2D eigenvalue weighted by molar-refractivity contribution is -0.123. The summed E-state index contributed by atoms with van der Waals surface area (Å²) in [5.41, 5.74) is 0.978. The number of carbonyl (C=O) groups excluding carboxylic acids is 1. The molecule has 3 unspecified atom stereocenters. The molecule has 2 aliphatic heterocycles. The molecule has 1 saturated carbocycles. The topological polar surface area (TPSA) is 59.6 Å². The van der Waals surface area contributed by atoms with Crippen molar-refractivity contribution in [2.75, 3.05) is 19.8 Å². The summed E-state index contributed by atoms with van der Waals surface area (Å²) in [4.78, 5) is 12.7. The van der Waals surface area contributed by atoms with Gasteiger partial charge in [-0.05, 0) is 42.9 Å². The third-order valence-corrected chi connectivity index (χ3v) is 6.21. The molecule has 2 heterocycles. The van der Waals surface area contributed by atoms with Gasteiger partial charge in [-0.2, -0.15) is 0 Å². The average molecular weight is 395 g/mol. The van der Waals surface area contributed by atoms with Gasteiger partial charge in [0.1, 0.15) is 13.2 Å². The van der Waals surface area contributed by atoms with Gasteiger partial charge in [0.2, 0.25) is 5.91 Å². The number of ether oxygens (including phenoxy) is 2. The number of fused-ring (bicyclic) bond motifs is 2. The fourth-order valence-electron chi connectivity index (χ4n) is 4.52. The van der Waals surface area contributed by atoms with Crippen LogP contribution in [-0.2, 0) is 10.2 Å². The Labute approximate surface area is 168 Å². The van der Waals surface area contributed by atoms with Crippen molar-refractivity contribution in [2.45, 2.75) is 63.5 Å². The van der Waals surface area contributed by atoms with Crippen molar-refractivity contribution in [3.63, 3.8) is 0 Å². The van der Waals surface area contributed by atoms with Crippen LogP contribution in [0.15, 0.2) is 18.2 Å². The SMILES string of the molecule is CC(C)(CNC(=O)C1CC2CCCCC2N1)c1ccc2c(c1)OCCO2.Cl. The molecule has 4 rings (SSSR count). The second-order valence-corrected chi connectivity index (χ2v) is 8.57. The molecular formula is C21H31ClN2O3. The number of rotatable bonds is 4. The Morgan fingerprint density at radius 2 is 1.93 bits per heavy atom. The Hall–Kier alpha value is -1.46. The van der Waals surface area contributed by atoms with Crippen molar-refractivity contribution in [2.24, 2.45) is 5.92 Å². The lowest BCUT2D eigenvalue weighted by atomic mass is 9.84. The van der Waals surface area contributed by atoms with Gasteiger partial charge in [0.05, 0.1) is 6.04 Å². The fourth-order valence-corrected chi connectivity index (χ4v) is 4.52. The molecule has 1 amide bonds. The van der Waals surface area contributed by atoms with Crippen LogP contribution in [0.2, 0.25) is 0 Å². The summed E-state index contributed by atoms with van der Waals surface area (Å²) < 4.78 is 11.3. The maximum Gasteiger partial charge on any atom is 0.237 e. The van der Waals surface area contributed by atoms with Crippen molar-refractivity contribution in [1.29, 1.82) is 0 Å². The number of nitrogens with one attached hydrogen (secondary N) is 2. The highest BCUT2D eigenvalue weighted by Gasteiger charge is 2.38. The van der Waals surface area contributed by atoms with Crippen molar-refractivity contribution < 1.29 is 14.3 Å². The Morgan fingerprint density at radius 3 is 2.70 bits per heavy atom. The molecule has 2 fully saturated rings. The lowest BCUT2D eigenvalue weighted by Crippen LogP contribution is -2.46. The molecule has 2 N–H and O–H groups in total. The maximum absolute atomic E-state index is 12.7. The first-order valence-corrected chi connectivity index (χ1v) is 9.97. The van der Waals surface area contributed by atoms with E-state index >= 15 is 0 Å². The molecule has 3 aliphatic rings. The molecule has 150 valence electrons.